The van der Waals surface area contributed by atoms with Gasteiger partial charge in [-0.15, -0.1) is 0 Å². The summed E-state index contributed by atoms with van der Waals surface area (Å²) in [6, 6.07) is 9.47. The zero-order valence-electron chi connectivity index (χ0n) is 11.5. The first-order valence-corrected chi connectivity index (χ1v) is 8.66. The van der Waals surface area contributed by atoms with Crippen LogP contribution in [0.1, 0.15) is 49.3 Å². The number of rotatable bonds is 4. The van der Waals surface area contributed by atoms with Crippen molar-refractivity contribution in [1.29, 1.82) is 0 Å². The summed E-state index contributed by atoms with van der Waals surface area (Å²) in [7, 11) is 0. The fourth-order valence-corrected chi connectivity index (χ4v) is 4.22. The van der Waals surface area contributed by atoms with E-state index < -0.39 is 0 Å². The van der Waals surface area contributed by atoms with Crippen LogP contribution in [0, 0.1) is 0 Å². The molecule has 0 saturated heterocycles. The Labute approximate surface area is 120 Å². The van der Waals surface area contributed by atoms with Gasteiger partial charge in [-0.2, -0.15) is 11.8 Å². The van der Waals surface area contributed by atoms with Gasteiger partial charge in [-0.05, 0) is 49.8 Å². The fourth-order valence-electron chi connectivity index (χ4n) is 3.09. The van der Waals surface area contributed by atoms with Gasteiger partial charge in [-0.1, -0.05) is 35.9 Å². The van der Waals surface area contributed by atoms with E-state index in [1.165, 1.54) is 54.7 Å². The molecule has 1 atom stereocenters. The zero-order valence-corrected chi connectivity index (χ0v) is 12.3. The minimum absolute atomic E-state index is 0.555. The lowest BCUT2D eigenvalue weighted by atomic mass is 9.97. The number of allylic oxidation sites excluding steroid dienone is 1. The van der Waals surface area contributed by atoms with Crippen molar-refractivity contribution >= 4 is 11.8 Å². The summed E-state index contributed by atoms with van der Waals surface area (Å²) in [4.78, 5) is 0. The molecule has 1 aromatic rings. The summed E-state index contributed by atoms with van der Waals surface area (Å²) in [6.07, 6.45) is 9.13. The zero-order chi connectivity index (χ0) is 12.9. The van der Waals surface area contributed by atoms with Crippen LogP contribution in [0.25, 0.3) is 0 Å². The van der Waals surface area contributed by atoms with E-state index in [0.717, 1.165) is 6.54 Å². The Kier molecular flexibility index (Phi) is 4.62. The van der Waals surface area contributed by atoms with E-state index >= 15 is 0 Å². The maximum atomic E-state index is 3.76. The Balaban J connectivity index is 1.55. The lowest BCUT2D eigenvalue weighted by molar-refractivity contribution is 0.563. The molecule has 2 aliphatic rings. The molecule has 0 amide bonds. The van der Waals surface area contributed by atoms with Gasteiger partial charge in [0.25, 0.3) is 0 Å². The molecular weight excluding hydrogens is 250 g/mol. The van der Waals surface area contributed by atoms with Gasteiger partial charge in [0.15, 0.2) is 0 Å². The summed E-state index contributed by atoms with van der Waals surface area (Å²) >= 11 is 2.05. The molecule has 2 heteroatoms. The summed E-state index contributed by atoms with van der Waals surface area (Å²) in [5, 5.41) is 3.76. The molecule has 102 valence electrons. The Morgan fingerprint density at radius 1 is 1.21 bits per heavy atom. The molecule has 1 aliphatic heterocycles. The van der Waals surface area contributed by atoms with E-state index in [0.29, 0.717) is 6.04 Å². The first-order valence-electron chi connectivity index (χ1n) is 7.50. The van der Waals surface area contributed by atoms with Crippen molar-refractivity contribution in [1.82, 2.24) is 5.32 Å². The van der Waals surface area contributed by atoms with Crippen LogP contribution in [-0.4, -0.2) is 12.3 Å². The van der Waals surface area contributed by atoms with E-state index in [1.807, 2.05) is 0 Å². The summed E-state index contributed by atoms with van der Waals surface area (Å²) in [6.45, 7) is 1.13. The quantitative estimate of drug-likeness (QED) is 0.813. The molecule has 1 aromatic carbocycles. The first-order chi connectivity index (χ1) is 9.43. The van der Waals surface area contributed by atoms with E-state index in [1.54, 1.807) is 5.57 Å². The van der Waals surface area contributed by atoms with E-state index in [9.17, 15) is 0 Å². The molecule has 1 unspecified atom stereocenters. The van der Waals surface area contributed by atoms with Crippen molar-refractivity contribution in [3.8, 4) is 0 Å². The molecule has 1 aliphatic carbocycles. The maximum Gasteiger partial charge on any atom is 0.0415 e. The third kappa shape index (κ3) is 3.43. The van der Waals surface area contributed by atoms with E-state index in [2.05, 4.69) is 47.4 Å². The topological polar surface area (TPSA) is 12.0 Å². The highest BCUT2D eigenvalue weighted by molar-refractivity contribution is 7.98. The van der Waals surface area contributed by atoms with Crippen LogP contribution >= 0.6 is 11.8 Å². The highest BCUT2D eigenvalue weighted by Gasteiger charge is 2.19. The SMILES string of the molecule is C1=C(CCNC2CSCc3ccccc32)CCCC1. The van der Waals surface area contributed by atoms with Crippen LogP contribution in [0.3, 0.4) is 0 Å². The molecule has 0 bridgehead atoms. The molecule has 1 N–H and O–H groups in total. The standard InChI is InChI=1S/C17H23NS/c1-2-6-14(7-3-1)10-11-18-17-13-19-12-15-8-4-5-9-16(15)17/h4-6,8-9,17-18H,1-3,7,10-13H2. The Morgan fingerprint density at radius 3 is 3.05 bits per heavy atom. The van der Waals surface area contributed by atoms with Gasteiger partial charge in [0.2, 0.25) is 0 Å². The Bertz CT molecular complexity index is 452. The van der Waals surface area contributed by atoms with E-state index in [4.69, 9.17) is 0 Å². The van der Waals surface area contributed by atoms with Crippen molar-refractivity contribution in [2.45, 2.75) is 43.9 Å². The van der Waals surface area contributed by atoms with Crippen molar-refractivity contribution in [3.63, 3.8) is 0 Å². The van der Waals surface area contributed by atoms with Gasteiger partial charge in [0.1, 0.15) is 0 Å². The van der Waals surface area contributed by atoms with Crippen molar-refractivity contribution < 1.29 is 0 Å². The normalized spacial score (nSPS) is 22.7. The largest absolute Gasteiger partial charge is 0.309 e. The highest BCUT2D eigenvalue weighted by atomic mass is 32.2. The molecule has 1 nitrogen and oxygen atoms in total. The molecular formula is C17H23NS. The third-order valence-corrected chi connectivity index (χ3v) is 5.28. The third-order valence-electron chi connectivity index (χ3n) is 4.19. The lowest BCUT2D eigenvalue weighted by Crippen LogP contribution is -2.27. The number of thioether (sulfide) groups is 1. The van der Waals surface area contributed by atoms with Gasteiger partial charge in [-0.3, -0.25) is 0 Å². The average molecular weight is 273 g/mol. The second kappa shape index (κ2) is 6.62. The fraction of sp³-hybridized carbons (Fsp3) is 0.529. The van der Waals surface area contributed by atoms with Gasteiger partial charge in [-0.25, -0.2) is 0 Å². The lowest BCUT2D eigenvalue weighted by Gasteiger charge is -2.26. The molecule has 3 rings (SSSR count). The van der Waals surface area contributed by atoms with Crippen LogP contribution < -0.4 is 5.32 Å². The molecule has 0 spiro atoms. The molecule has 19 heavy (non-hydrogen) atoms. The van der Waals surface area contributed by atoms with Crippen LogP contribution in [0.15, 0.2) is 35.9 Å². The second-order valence-electron chi connectivity index (χ2n) is 5.58. The van der Waals surface area contributed by atoms with Crippen LogP contribution in [0.5, 0.6) is 0 Å². The average Bonchev–Trinajstić information content (AvgIpc) is 2.49. The van der Waals surface area contributed by atoms with Crippen molar-refractivity contribution in [3.05, 3.63) is 47.0 Å². The number of hydrogen-bond acceptors (Lipinski definition) is 2. The molecule has 0 fully saturated rings. The van der Waals surface area contributed by atoms with Gasteiger partial charge in [0.05, 0.1) is 0 Å². The second-order valence-corrected chi connectivity index (χ2v) is 6.61. The molecule has 1 heterocycles. The van der Waals surface area contributed by atoms with Crippen LogP contribution in [0.2, 0.25) is 0 Å². The predicted molar refractivity (Wildman–Crippen MR) is 84.5 cm³/mol. The monoisotopic (exact) mass is 273 g/mol. The van der Waals surface area contributed by atoms with Crippen molar-refractivity contribution in [2.75, 3.05) is 12.3 Å². The van der Waals surface area contributed by atoms with Crippen LogP contribution in [0.4, 0.5) is 0 Å². The maximum absolute atomic E-state index is 3.76. The molecule has 0 aromatic heterocycles. The van der Waals surface area contributed by atoms with E-state index in [-0.39, 0.29) is 0 Å². The van der Waals surface area contributed by atoms with Crippen LogP contribution in [-0.2, 0) is 5.75 Å². The minimum atomic E-state index is 0.555. The van der Waals surface area contributed by atoms with Gasteiger partial charge >= 0.3 is 0 Å². The number of fused-ring (bicyclic) bond motifs is 1. The minimum Gasteiger partial charge on any atom is -0.309 e. The smallest absolute Gasteiger partial charge is 0.0415 e. The number of benzene rings is 1. The number of hydrogen-bond donors (Lipinski definition) is 1. The summed E-state index contributed by atoms with van der Waals surface area (Å²) < 4.78 is 0. The summed E-state index contributed by atoms with van der Waals surface area (Å²) in [5.74, 6) is 2.40. The van der Waals surface area contributed by atoms with Gasteiger partial charge in [0, 0.05) is 17.5 Å². The van der Waals surface area contributed by atoms with Gasteiger partial charge < -0.3 is 5.32 Å². The van der Waals surface area contributed by atoms with Crippen molar-refractivity contribution in [2.24, 2.45) is 0 Å². The highest BCUT2D eigenvalue weighted by Crippen LogP contribution is 2.31. The number of nitrogens with one attached hydrogen (secondary N) is 1. The Hall–Kier alpha value is -0.730. The first kappa shape index (κ1) is 13.3. The Morgan fingerprint density at radius 2 is 2.16 bits per heavy atom. The summed E-state index contributed by atoms with van der Waals surface area (Å²) in [5.41, 5.74) is 4.72. The predicted octanol–water partition coefficient (Wildman–Crippen LogP) is 4.45. The molecule has 0 radical (unpaired) electrons. The molecule has 0 saturated carbocycles.